The van der Waals surface area contributed by atoms with Gasteiger partial charge in [0.15, 0.2) is 4.84 Å². The SMILES string of the molecule is CC1CCc2cccc3c(O)c(C(=O)C(Cl)Cl)c(=O)n1c23. The van der Waals surface area contributed by atoms with Crippen molar-refractivity contribution in [3.05, 3.63) is 39.7 Å². The third-order valence-electron chi connectivity index (χ3n) is 4.00. The molecule has 1 unspecified atom stereocenters. The van der Waals surface area contributed by atoms with Crippen molar-refractivity contribution in [2.75, 3.05) is 0 Å². The molecule has 4 nitrogen and oxygen atoms in total. The zero-order valence-electron chi connectivity index (χ0n) is 11.3. The summed E-state index contributed by atoms with van der Waals surface area (Å²) in [5.41, 5.74) is 0.820. The van der Waals surface area contributed by atoms with Crippen LogP contribution in [0.1, 0.15) is 35.3 Å². The first-order valence-corrected chi connectivity index (χ1v) is 7.52. The molecule has 0 amide bonds. The number of halogens is 2. The molecular formula is C15H13Cl2NO3. The summed E-state index contributed by atoms with van der Waals surface area (Å²) < 4.78 is 1.57. The number of carbonyl (C=O) groups is 1. The van der Waals surface area contributed by atoms with E-state index in [1.54, 1.807) is 16.7 Å². The van der Waals surface area contributed by atoms with Crippen LogP contribution in [0.4, 0.5) is 0 Å². The van der Waals surface area contributed by atoms with Crippen molar-refractivity contribution in [2.24, 2.45) is 0 Å². The van der Waals surface area contributed by atoms with Crippen molar-refractivity contribution in [3.8, 4) is 5.75 Å². The Morgan fingerprint density at radius 1 is 1.43 bits per heavy atom. The minimum absolute atomic E-state index is 0.0499. The van der Waals surface area contributed by atoms with Gasteiger partial charge in [-0.15, -0.1) is 0 Å². The lowest BCUT2D eigenvalue weighted by molar-refractivity contribution is 0.100. The van der Waals surface area contributed by atoms with Gasteiger partial charge in [0.05, 0.1) is 5.52 Å². The summed E-state index contributed by atoms with van der Waals surface area (Å²) in [4.78, 5) is 23.3. The average Bonchev–Trinajstić information content (AvgIpc) is 2.45. The van der Waals surface area contributed by atoms with Gasteiger partial charge in [-0.1, -0.05) is 35.3 Å². The van der Waals surface area contributed by atoms with Crippen molar-refractivity contribution >= 4 is 39.9 Å². The number of aryl methyl sites for hydroxylation is 1. The Labute approximate surface area is 130 Å². The molecule has 21 heavy (non-hydrogen) atoms. The van der Waals surface area contributed by atoms with Gasteiger partial charge < -0.3 is 9.67 Å². The molecular weight excluding hydrogens is 313 g/mol. The van der Waals surface area contributed by atoms with Crippen LogP contribution < -0.4 is 5.56 Å². The van der Waals surface area contributed by atoms with Crippen LogP contribution in [0.2, 0.25) is 0 Å². The number of Topliss-reactive ketones (excluding diaryl/α,β-unsaturated/α-hetero) is 1. The second-order valence-electron chi connectivity index (χ2n) is 5.26. The number of pyridine rings is 1. The van der Waals surface area contributed by atoms with Crippen LogP contribution in [0.25, 0.3) is 10.9 Å². The minimum Gasteiger partial charge on any atom is -0.506 e. The van der Waals surface area contributed by atoms with Gasteiger partial charge >= 0.3 is 0 Å². The van der Waals surface area contributed by atoms with Gasteiger partial charge in [-0.3, -0.25) is 9.59 Å². The molecule has 0 saturated heterocycles. The Hall–Kier alpha value is -1.52. The molecule has 0 aliphatic carbocycles. The fourth-order valence-electron chi connectivity index (χ4n) is 2.97. The first-order valence-electron chi connectivity index (χ1n) is 6.65. The fraction of sp³-hybridized carbons (Fsp3) is 0.333. The maximum atomic E-state index is 12.6. The Kier molecular flexibility index (Phi) is 3.46. The summed E-state index contributed by atoms with van der Waals surface area (Å²) in [6.45, 7) is 1.92. The monoisotopic (exact) mass is 325 g/mol. The van der Waals surface area contributed by atoms with E-state index in [1.807, 2.05) is 13.0 Å². The van der Waals surface area contributed by atoms with Gasteiger partial charge in [-0.25, -0.2) is 0 Å². The molecule has 2 heterocycles. The third-order valence-corrected chi connectivity index (χ3v) is 4.40. The van der Waals surface area contributed by atoms with E-state index in [0.29, 0.717) is 10.9 Å². The first kappa shape index (κ1) is 14.4. The van der Waals surface area contributed by atoms with E-state index in [2.05, 4.69) is 0 Å². The molecule has 0 spiro atoms. The molecule has 1 aromatic heterocycles. The zero-order chi connectivity index (χ0) is 15.3. The van der Waals surface area contributed by atoms with Crippen LogP contribution in [0.3, 0.4) is 0 Å². The van der Waals surface area contributed by atoms with E-state index in [4.69, 9.17) is 23.2 Å². The molecule has 1 aliphatic rings. The van der Waals surface area contributed by atoms with E-state index in [-0.39, 0.29) is 17.4 Å². The molecule has 3 rings (SSSR count). The van der Waals surface area contributed by atoms with Gasteiger partial charge in [0.1, 0.15) is 11.3 Å². The summed E-state index contributed by atoms with van der Waals surface area (Å²) in [6.07, 6.45) is 1.63. The summed E-state index contributed by atoms with van der Waals surface area (Å²) >= 11 is 11.2. The number of nitrogens with zero attached hydrogens (tertiary/aromatic N) is 1. The minimum atomic E-state index is -1.38. The van der Waals surface area contributed by atoms with E-state index in [0.717, 1.165) is 18.4 Å². The molecule has 1 atom stereocenters. The highest BCUT2D eigenvalue weighted by atomic mass is 35.5. The van der Waals surface area contributed by atoms with E-state index in [9.17, 15) is 14.7 Å². The van der Waals surface area contributed by atoms with Crippen molar-refractivity contribution in [2.45, 2.75) is 30.6 Å². The zero-order valence-corrected chi connectivity index (χ0v) is 12.8. The first-order chi connectivity index (χ1) is 9.93. The topological polar surface area (TPSA) is 59.3 Å². The van der Waals surface area contributed by atoms with E-state index in [1.165, 1.54) is 0 Å². The van der Waals surface area contributed by atoms with E-state index < -0.39 is 16.2 Å². The lowest BCUT2D eigenvalue weighted by Crippen LogP contribution is -2.33. The quantitative estimate of drug-likeness (QED) is 0.681. The fourth-order valence-corrected chi connectivity index (χ4v) is 3.19. The number of carbonyl (C=O) groups excluding carboxylic acids is 1. The number of para-hydroxylation sites is 1. The van der Waals surface area contributed by atoms with Crippen LogP contribution >= 0.6 is 23.2 Å². The number of aromatic nitrogens is 1. The molecule has 0 bridgehead atoms. The number of hydrogen-bond donors (Lipinski definition) is 1. The number of alkyl halides is 2. The van der Waals surface area contributed by atoms with Crippen LogP contribution in [-0.4, -0.2) is 20.3 Å². The number of ketones is 1. The summed E-state index contributed by atoms with van der Waals surface area (Å²) in [5, 5.41) is 10.8. The van der Waals surface area contributed by atoms with Gasteiger partial charge in [0.2, 0.25) is 5.78 Å². The van der Waals surface area contributed by atoms with Gasteiger partial charge in [-0.05, 0) is 31.4 Å². The highest BCUT2D eigenvalue weighted by Gasteiger charge is 2.29. The highest BCUT2D eigenvalue weighted by molar-refractivity contribution is 6.55. The van der Waals surface area contributed by atoms with Crippen LogP contribution in [0, 0.1) is 0 Å². The molecule has 0 saturated carbocycles. The maximum Gasteiger partial charge on any atom is 0.266 e. The number of hydrogen-bond acceptors (Lipinski definition) is 3. The van der Waals surface area contributed by atoms with Crippen LogP contribution in [-0.2, 0) is 6.42 Å². The van der Waals surface area contributed by atoms with Gasteiger partial charge in [0.25, 0.3) is 5.56 Å². The predicted octanol–water partition coefficient (Wildman–Crippen LogP) is 3.20. The van der Waals surface area contributed by atoms with Gasteiger partial charge in [-0.2, -0.15) is 0 Å². The number of rotatable bonds is 2. The van der Waals surface area contributed by atoms with Crippen molar-refractivity contribution in [1.29, 1.82) is 0 Å². The average molecular weight is 326 g/mol. The lowest BCUT2D eigenvalue weighted by atomic mass is 9.95. The van der Waals surface area contributed by atoms with Gasteiger partial charge in [0, 0.05) is 11.4 Å². The third kappa shape index (κ3) is 2.05. The van der Waals surface area contributed by atoms with Crippen LogP contribution in [0.15, 0.2) is 23.0 Å². The molecule has 2 aromatic rings. The Morgan fingerprint density at radius 2 is 2.14 bits per heavy atom. The normalized spacial score (nSPS) is 17.4. The molecule has 0 fully saturated rings. The predicted molar refractivity (Wildman–Crippen MR) is 82.7 cm³/mol. The second kappa shape index (κ2) is 5.04. The van der Waals surface area contributed by atoms with Crippen molar-refractivity contribution in [3.63, 3.8) is 0 Å². The number of benzene rings is 1. The molecule has 1 N–H and O–H groups in total. The van der Waals surface area contributed by atoms with Crippen molar-refractivity contribution < 1.29 is 9.90 Å². The Bertz CT molecular complexity index is 811. The van der Waals surface area contributed by atoms with E-state index >= 15 is 0 Å². The molecule has 1 aromatic carbocycles. The standard InChI is InChI=1S/C15H13Cl2NO3/c1-7-5-6-8-3-2-4-9-11(8)18(7)15(21)10(12(9)19)13(20)14(16)17/h2-4,7,14,19H,5-6H2,1H3. The molecule has 110 valence electrons. The molecule has 0 radical (unpaired) electrons. The number of aromatic hydroxyl groups is 1. The second-order valence-corrected chi connectivity index (χ2v) is 6.36. The molecule has 1 aliphatic heterocycles. The largest absolute Gasteiger partial charge is 0.506 e. The van der Waals surface area contributed by atoms with Crippen LogP contribution in [0.5, 0.6) is 5.75 Å². The Balaban J connectivity index is 2.49. The summed E-state index contributed by atoms with van der Waals surface area (Å²) in [7, 11) is 0. The summed E-state index contributed by atoms with van der Waals surface area (Å²) in [6, 6.07) is 5.37. The highest BCUT2D eigenvalue weighted by Crippen LogP contribution is 2.35. The maximum absolute atomic E-state index is 12.6. The Morgan fingerprint density at radius 3 is 2.81 bits per heavy atom. The smallest absolute Gasteiger partial charge is 0.266 e. The lowest BCUT2D eigenvalue weighted by Gasteiger charge is -2.26. The molecule has 6 heteroatoms. The summed E-state index contributed by atoms with van der Waals surface area (Å²) in [5.74, 6) is -1.10. The van der Waals surface area contributed by atoms with Crippen molar-refractivity contribution in [1.82, 2.24) is 4.57 Å².